The van der Waals surface area contributed by atoms with Crippen LogP contribution in [0.5, 0.6) is 0 Å². The summed E-state index contributed by atoms with van der Waals surface area (Å²) in [5.41, 5.74) is 0. The van der Waals surface area contributed by atoms with Gasteiger partial charge in [-0.2, -0.15) is 0 Å². The Morgan fingerprint density at radius 3 is 1.35 bits per heavy atom. The van der Waals surface area contributed by atoms with Gasteiger partial charge in [0.15, 0.2) is 18.9 Å². The Morgan fingerprint density at radius 1 is 0.441 bits per heavy atom. The van der Waals surface area contributed by atoms with Crippen molar-refractivity contribution in [2.75, 3.05) is 19.8 Å². The van der Waals surface area contributed by atoms with Gasteiger partial charge in [-0.1, -0.05) is 0 Å². The van der Waals surface area contributed by atoms with E-state index in [0.29, 0.717) is 0 Å². The number of aliphatic hydroxyl groups is 11. The molecule has 0 aliphatic carbocycles. The Kier molecular flexibility index (Phi) is 9.54. The average Bonchev–Trinajstić information content (AvgIpc) is 2.83. The van der Waals surface area contributed by atoms with E-state index in [1.165, 1.54) is 0 Å². The zero-order chi connectivity index (χ0) is 25.3. The van der Waals surface area contributed by atoms with Crippen LogP contribution in [0.25, 0.3) is 0 Å². The Balaban J connectivity index is 1.72. The molecule has 0 saturated carbocycles. The van der Waals surface area contributed by atoms with Crippen molar-refractivity contribution in [3.63, 3.8) is 0 Å². The van der Waals surface area contributed by atoms with Crippen LogP contribution in [0.15, 0.2) is 0 Å². The summed E-state index contributed by atoms with van der Waals surface area (Å²) in [6.45, 7) is -2.32. The standard InChI is InChI=1S/C18H32O16/c19-1-4-7(22)8(23)12(27)17(31-4)34-15-6(3-21)32-18(13(28)10(15)25)33-14-5(2-20)30-16(29)11(26)9(14)24/h4-29H,1-3H2/t4?,5?,6?,7-,8-,9+,10+,11?,12?,13?,14-,15-,16?,17-,18?/m0/s1. The summed E-state index contributed by atoms with van der Waals surface area (Å²) in [7, 11) is 0. The molecular weight excluding hydrogens is 472 g/mol. The number of aliphatic hydroxyl groups excluding tert-OH is 11. The van der Waals surface area contributed by atoms with Gasteiger partial charge in [0.05, 0.1) is 19.8 Å². The van der Waals surface area contributed by atoms with Gasteiger partial charge >= 0.3 is 0 Å². The highest BCUT2D eigenvalue weighted by Crippen LogP contribution is 2.32. The van der Waals surface area contributed by atoms with Crippen molar-refractivity contribution in [2.24, 2.45) is 0 Å². The van der Waals surface area contributed by atoms with Gasteiger partial charge in [-0.15, -0.1) is 0 Å². The molecule has 0 aromatic rings. The first-order chi connectivity index (χ1) is 16.0. The quantitative estimate of drug-likeness (QED) is 0.154. The largest absolute Gasteiger partial charge is 0.394 e. The molecule has 8 unspecified atom stereocenters. The van der Waals surface area contributed by atoms with Gasteiger partial charge < -0.3 is 79.9 Å². The van der Waals surface area contributed by atoms with Crippen molar-refractivity contribution in [3.05, 3.63) is 0 Å². The zero-order valence-electron chi connectivity index (χ0n) is 17.7. The van der Waals surface area contributed by atoms with Gasteiger partial charge in [-0.25, -0.2) is 0 Å². The zero-order valence-corrected chi connectivity index (χ0v) is 17.7. The summed E-state index contributed by atoms with van der Waals surface area (Å²) in [4.78, 5) is 0. The van der Waals surface area contributed by atoms with Gasteiger partial charge in [0, 0.05) is 0 Å². The van der Waals surface area contributed by atoms with E-state index in [0.717, 1.165) is 0 Å². The summed E-state index contributed by atoms with van der Waals surface area (Å²) >= 11 is 0. The number of ether oxygens (including phenoxy) is 5. The Morgan fingerprint density at radius 2 is 0.853 bits per heavy atom. The minimum absolute atomic E-state index is 0.741. The summed E-state index contributed by atoms with van der Waals surface area (Å²) in [6.07, 6.45) is -25.1. The fourth-order valence-electron chi connectivity index (χ4n) is 4.06. The van der Waals surface area contributed by atoms with Gasteiger partial charge in [-0.05, 0) is 0 Å². The molecule has 0 bridgehead atoms. The minimum atomic E-state index is -1.91. The molecule has 0 aromatic heterocycles. The Labute approximate surface area is 192 Å². The van der Waals surface area contributed by atoms with Crippen LogP contribution in [0.1, 0.15) is 0 Å². The van der Waals surface area contributed by atoms with E-state index >= 15 is 0 Å². The van der Waals surface area contributed by atoms with Gasteiger partial charge in [-0.3, -0.25) is 0 Å². The SMILES string of the molecule is OCC1O[C@@H](O[C@H]2C(CO)OC(O[C@H]3C(CO)OC(O)C(O)[C@H]3O)C(O)[C@H]2O)C(O)[C@@H](O)[C@H]1O. The van der Waals surface area contributed by atoms with Crippen molar-refractivity contribution in [1.82, 2.24) is 0 Å². The lowest BCUT2D eigenvalue weighted by Gasteiger charge is -2.47. The third kappa shape index (κ3) is 5.37. The second-order valence-electron chi connectivity index (χ2n) is 8.33. The molecule has 0 spiro atoms. The lowest BCUT2D eigenvalue weighted by Crippen LogP contribution is -2.66. The average molecular weight is 504 g/mol. The van der Waals surface area contributed by atoms with Crippen molar-refractivity contribution in [1.29, 1.82) is 0 Å². The molecule has 0 radical (unpaired) electrons. The van der Waals surface area contributed by atoms with Crippen molar-refractivity contribution < 1.29 is 79.9 Å². The van der Waals surface area contributed by atoms with E-state index in [1.54, 1.807) is 0 Å². The molecule has 0 aromatic carbocycles. The molecule has 16 heteroatoms. The molecule has 200 valence electrons. The van der Waals surface area contributed by atoms with Crippen molar-refractivity contribution in [3.8, 4) is 0 Å². The molecule has 3 fully saturated rings. The molecule has 11 N–H and O–H groups in total. The molecule has 3 aliphatic rings. The normalized spacial score (nSPS) is 52.5. The highest BCUT2D eigenvalue weighted by molar-refractivity contribution is 4.96. The first kappa shape index (κ1) is 27.9. The number of rotatable bonds is 7. The second-order valence-corrected chi connectivity index (χ2v) is 8.33. The van der Waals surface area contributed by atoms with Crippen LogP contribution >= 0.6 is 0 Å². The highest BCUT2D eigenvalue weighted by Gasteiger charge is 2.53. The number of hydrogen-bond acceptors (Lipinski definition) is 16. The second kappa shape index (κ2) is 11.6. The van der Waals surface area contributed by atoms with Gasteiger partial charge in [0.1, 0.15) is 73.2 Å². The Hall–Kier alpha value is -0.640. The topological polar surface area (TPSA) is 269 Å². The van der Waals surface area contributed by atoms with Crippen LogP contribution in [-0.2, 0) is 23.7 Å². The predicted octanol–water partition coefficient (Wildman–Crippen LogP) is -7.57. The van der Waals surface area contributed by atoms with E-state index in [2.05, 4.69) is 0 Å². The smallest absolute Gasteiger partial charge is 0.187 e. The maximum atomic E-state index is 10.6. The fourth-order valence-corrected chi connectivity index (χ4v) is 4.06. The Bertz CT molecular complexity index is 635. The molecule has 0 amide bonds. The van der Waals surface area contributed by atoms with Crippen LogP contribution < -0.4 is 0 Å². The lowest BCUT2D eigenvalue weighted by atomic mass is 9.96. The van der Waals surface area contributed by atoms with Crippen LogP contribution in [-0.4, -0.2) is 168 Å². The lowest BCUT2D eigenvalue weighted by molar-refractivity contribution is -0.377. The minimum Gasteiger partial charge on any atom is -0.394 e. The van der Waals surface area contributed by atoms with E-state index in [9.17, 15) is 56.2 Å². The fraction of sp³-hybridized carbons (Fsp3) is 1.00. The molecule has 15 atom stereocenters. The van der Waals surface area contributed by atoms with E-state index < -0.39 is 112 Å². The van der Waals surface area contributed by atoms with Crippen LogP contribution in [0.4, 0.5) is 0 Å². The van der Waals surface area contributed by atoms with Crippen LogP contribution in [0, 0.1) is 0 Å². The summed E-state index contributed by atoms with van der Waals surface area (Å²) < 4.78 is 26.4. The van der Waals surface area contributed by atoms with Crippen LogP contribution in [0.2, 0.25) is 0 Å². The highest BCUT2D eigenvalue weighted by atomic mass is 16.8. The molecule has 34 heavy (non-hydrogen) atoms. The number of hydrogen-bond donors (Lipinski definition) is 11. The maximum absolute atomic E-state index is 10.6. The molecule has 3 saturated heterocycles. The molecular formula is C18H32O16. The van der Waals surface area contributed by atoms with E-state index in [1.807, 2.05) is 0 Å². The molecule has 3 aliphatic heterocycles. The van der Waals surface area contributed by atoms with Gasteiger partial charge in [0.2, 0.25) is 0 Å². The summed E-state index contributed by atoms with van der Waals surface area (Å²) in [5, 5.41) is 109. The van der Waals surface area contributed by atoms with E-state index in [-0.39, 0.29) is 0 Å². The summed E-state index contributed by atoms with van der Waals surface area (Å²) in [6, 6.07) is 0. The maximum Gasteiger partial charge on any atom is 0.187 e. The third-order valence-electron chi connectivity index (χ3n) is 6.09. The van der Waals surface area contributed by atoms with Crippen molar-refractivity contribution >= 4 is 0 Å². The third-order valence-corrected chi connectivity index (χ3v) is 6.09. The first-order valence-electron chi connectivity index (χ1n) is 10.6. The molecule has 16 nitrogen and oxygen atoms in total. The van der Waals surface area contributed by atoms with Crippen LogP contribution in [0.3, 0.4) is 0 Å². The van der Waals surface area contributed by atoms with Crippen molar-refractivity contribution in [2.45, 2.75) is 92.1 Å². The monoisotopic (exact) mass is 504 g/mol. The molecule has 3 heterocycles. The summed E-state index contributed by atoms with van der Waals surface area (Å²) in [5.74, 6) is 0. The van der Waals surface area contributed by atoms with E-state index in [4.69, 9.17) is 23.7 Å². The predicted molar refractivity (Wildman–Crippen MR) is 101 cm³/mol. The van der Waals surface area contributed by atoms with Gasteiger partial charge in [0.25, 0.3) is 0 Å². The first-order valence-corrected chi connectivity index (χ1v) is 10.6. The molecule has 3 rings (SSSR count).